The molecule has 8 nitrogen and oxygen atoms in total. The number of hydrogen-bond acceptors (Lipinski definition) is 6. The van der Waals surface area contributed by atoms with Crippen LogP contribution in [0.25, 0.3) is 0 Å². The molecule has 160 valence electrons. The summed E-state index contributed by atoms with van der Waals surface area (Å²) in [6.07, 6.45) is 6.18. The molecule has 0 radical (unpaired) electrons. The van der Waals surface area contributed by atoms with Crippen LogP contribution in [0.5, 0.6) is 0 Å². The van der Waals surface area contributed by atoms with Gasteiger partial charge in [-0.15, -0.1) is 0 Å². The van der Waals surface area contributed by atoms with Crippen LogP contribution in [0.15, 0.2) is 36.4 Å². The van der Waals surface area contributed by atoms with E-state index < -0.39 is 35.5 Å². The Hall–Kier alpha value is -3.16. The largest absolute Gasteiger partial charge is 0.444 e. The highest BCUT2D eigenvalue weighted by Gasteiger charge is 2.40. The van der Waals surface area contributed by atoms with Gasteiger partial charge in [-0.25, -0.2) is 9.59 Å². The first-order valence-corrected chi connectivity index (χ1v) is 10.00. The first-order valence-electron chi connectivity index (χ1n) is 10.00. The van der Waals surface area contributed by atoms with Crippen LogP contribution < -0.4 is 5.32 Å². The van der Waals surface area contributed by atoms with Crippen LogP contribution in [0.3, 0.4) is 0 Å². The molecule has 1 aromatic rings. The van der Waals surface area contributed by atoms with Crippen LogP contribution in [0.1, 0.15) is 67.2 Å². The lowest BCUT2D eigenvalue weighted by molar-refractivity contribution is -0.171. The van der Waals surface area contributed by atoms with Gasteiger partial charge < -0.3 is 14.9 Å². The predicted molar refractivity (Wildman–Crippen MR) is 107 cm³/mol. The molecule has 0 spiro atoms. The normalized spacial score (nSPS) is 19.3. The number of amides is 3. The van der Waals surface area contributed by atoms with Crippen molar-refractivity contribution in [3.05, 3.63) is 47.5 Å². The van der Waals surface area contributed by atoms with E-state index in [1.54, 1.807) is 32.9 Å². The number of carbonyl (C=O) groups is 4. The number of hydroxylamine groups is 2. The van der Waals surface area contributed by atoms with Crippen molar-refractivity contribution in [2.45, 2.75) is 58.1 Å². The molecule has 3 amide bonds. The van der Waals surface area contributed by atoms with E-state index in [9.17, 15) is 19.2 Å². The van der Waals surface area contributed by atoms with Gasteiger partial charge in [0.1, 0.15) is 11.6 Å². The predicted octanol–water partition coefficient (Wildman–Crippen LogP) is 3.38. The quantitative estimate of drug-likeness (QED) is 0.585. The molecule has 1 heterocycles. The van der Waals surface area contributed by atoms with E-state index in [2.05, 4.69) is 11.4 Å². The van der Waals surface area contributed by atoms with Crippen molar-refractivity contribution in [3.8, 4) is 0 Å². The van der Waals surface area contributed by atoms with Crippen molar-refractivity contribution in [1.29, 1.82) is 0 Å². The molecule has 1 aliphatic carbocycles. The molecular weight excluding hydrogens is 388 g/mol. The number of ether oxygens (including phenoxy) is 1. The van der Waals surface area contributed by atoms with Gasteiger partial charge >= 0.3 is 12.1 Å². The van der Waals surface area contributed by atoms with Gasteiger partial charge in [0.25, 0.3) is 11.8 Å². The van der Waals surface area contributed by atoms with Gasteiger partial charge in [-0.1, -0.05) is 29.3 Å². The third-order valence-electron chi connectivity index (χ3n) is 4.86. The molecule has 8 heteroatoms. The van der Waals surface area contributed by atoms with Gasteiger partial charge in [0.15, 0.2) is 0 Å². The molecule has 1 N–H and O–H groups in total. The lowest BCUT2D eigenvalue weighted by Crippen LogP contribution is -2.47. The zero-order chi connectivity index (χ0) is 21.9. The van der Waals surface area contributed by atoms with Crippen LogP contribution in [-0.2, 0) is 14.4 Å². The number of nitrogens with one attached hydrogen (secondary N) is 1. The maximum absolute atomic E-state index is 12.9. The maximum atomic E-state index is 12.9. The number of alkyl carbamates (subject to hydrolysis) is 1. The number of fused-ring (bicyclic) bond motifs is 1. The number of carbonyl (C=O) groups excluding carboxylic acids is 4. The van der Waals surface area contributed by atoms with Gasteiger partial charge in [0, 0.05) is 0 Å². The Morgan fingerprint density at radius 2 is 1.77 bits per heavy atom. The number of rotatable bonds is 5. The first-order chi connectivity index (χ1) is 14.2. The Bertz CT molecular complexity index is 851. The van der Waals surface area contributed by atoms with E-state index in [1.165, 1.54) is 12.1 Å². The van der Waals surface area contributed by atoms with Crippen molar-refractivity contribution < 1.29 is 28.8 Å². The second kappa shape index (κ2) is 8.69. The highest BCUT2D eigenvalue weighted by Crippen LogP contribution is 2.26. The van der Waals surface area contributed by atoms with E-state index in [1.807, 2.05) is 6.08 Å². The Kier molecular flexibility index (Phi) is 6.24. The minimum atomic E-state index is -1.05. The summed E-state index contributed by atoms with van der Waals surface area (Å²) in [7, 11) is 0. The molecule has 3 rings (SSSR count). The molecule has 0 saturated heterocycles. The van der Waals surface area contributed by atoms with Crippen molar-refractivity contribution >= 4 is 23.9 Å². The third kappa shape index (κ3) is 5.06. The Balaban J connectivity index is 1.72. The first kappa shape index (κ1) is 21.5. The number of nitrogens with zero attached hydrogens (tertiary/aromatic N) is 1. The van der Waals surface area contributed by atoms with Crippen molar-refractivity contribution in [3.63, 3.8) is 0 Å². The van der Waals surface area contributed by atoms with Crippen molar-refractivity contribution in [1.82, 2.24) is 10.4 Å². The summed E-state index contributed by atoms with van der Waals surface area (Å²) >= 11 is 0. The third-order valence-corrected chi connectivity index (χ3v) is 4.86. The summed E-state index contributed by atoms with van der Waals surface area (Å²) in [6, 6.07) is 5.18. The lowest BCUT2D eigenvalue weighted by atomic mass is 9.88. The minimum absolute atomic E-state index is 0.157. The Morgan fingerprint density at radius 3 is 2.30 bits per heavy atom. The molecule has 0 aromatic heterocycles. The smallest absolute Gasteiger partial charge is 0.408 e. The number of allylic oxidation sites excluding steroid dienone is 2. The summed E-state index contributed by atoms with van der Waals surface area (Å²) in [6.45, 7) is 5.14. The summed E-state index contributed by atoms with van der Waals surface area (Å²) in [4.78, 5) is 55.2. The molecule has 1 aromatic carbocycles. The zero-order valence-electron chi connectivity index (χ0n) is 17.3. The fourth-order valence-corrected chi connectivity index (χ4v) is 3.47. The highest BCUT2D eigenvalue weighted by atomic mass is 16.7. The van der Waals surface area contributed by atoms with Crippen LogP contribution in [0.4, 0.5) is 4.79 Å². The summed E-state index contributed by atoms with van der Waals surface area (Å²) in [5.41, 5.74) is -0.400. The summed E-state index contributed by atoms with van der Waals surface area (Å²) in [5, 5.41) is 2.99. The summed E-state index contributed by atoms with van der Waals surface area (Å²) < 4.78 is 5.25. The molecule has 2 unspecified atom stereocenters. The van der Waals surface area contributed by atoms with Crippen LogP contribution in [0, 0.1) is 5.92 Å². The Labute approximate surface area is 175 Å². The highest BCUT2D eigenvalue weighted by molar-refractivity contribution is 6.20. The van der Waals surface area contributed by atoms with Gasteiger partial charge in [0.05, 0.1) is 11.1 Å². The van der Waals surface area contributed by atoms with Gasteiger partial charge in [-0.2, -0.15) is 0 Å². The number of imide groups is 1. The van der Waals surface area contributed by atoms with Crippen LogP contribution >= 0.6 is 0 Å². The second-order valence-electron chi connectivity index (χ2n) is 8.45. The van der Waals surface area contributed by atoms with E-state index in [0.29, 0.717) is 11.5 Å². The molecule has 1 aliphatic heterocycles. The minimum Gasteiger partial charge on any atom is -0.444 e. The van der Waals surface area contributed by atoms with E-state index in [-0.39, 0.29) is 17.0 Å². The summed E-state index contributed by atoms with van der Waals surface area (Å²) in [5.74, 6) is -2.14. The fraction of sp³-hybridized carbons (Fsp3) is 0.455. The molecule has 2 atom stereocenters. The van der Waals surface area contributed by atoms with E-state index >= 15 is 0 Å². The standard InChI is InChI=1S/C22H26N2O6/c1-22(2,3)29-21(28)23-17(13-14-9-5-4-6-10-14)20(27)30-24-18(25)15-11-7-8-12-16(15)19(24)26/h4-5,7-8,11-12,14,17H,6,9-10,13H2,1-3H3,(H,23,28). The fourth-order valence-electron chi connectivity index (χ4n) is 3.47. The van der Waals surface area contributed by atoms with Gasteiger partial charge in [-0.3, -0.25) is 9.59 Å². The topological polar surface area (TPSA) is 102 Å². The average molecular weight is 414 g/mol. The molecule has 30 heavy (non-hydrogen) atoms. The maximum Gasteiger partial charge on any atom is 0.408 e. The van der Waals surface area contributed by atoms with E-state index in [4.69, 9.17) is 9.57 Å². The molecule has 0 bridgehead atoms. The number of benzene rings is 1. The SMILES string of the molecule is CC(C)(C)OC(=O)NC(CC1CC=CCC1)C(=O)ON1C(=O)c2ccccc2C1=O. The Morgan fingerprint density at radius 1 is 1.13 bits per heavy atom. The van der Waals surface area contributed by atoms with Crippen LogP contribution in [0.2, 0.25) is 0 Å². The van der Waals surface area contributed by atoms with E-state index in [0.717, 1.165) is 19.3 Å². The van der Waals surface area contributed by atoms with Gasteiger partial charge in [0.2, 0.25) is 0 Å². The van der Waals surface area contributed by atoms with Crippen molar-refractivity contribution in [2.75, 3.05) is 0 Å². The van der Waals surface area contributed by atoms with Crippen LogP contribution in [-0.4, -0.2) is 40.6 Å². The monoisotopic (exact) mass is 414 g/mol. The lowest BCUT2D eigenvalue weighted by Gasteiger charge is -2.26. The van der Waals surface area contributed by atoms with Crippen molar-refractivity contribution in [2.24, 2.45) is 5.92 Å². The molecule has 0 saturated carbocycles. The number of hydrogen-bond donors (Lipinski definition) is 1. The average Bonchev–Trinajstić information content (AvgIpc) is 2.92. The second-order valence-corrected chi connectivity index (χ2v) is 8.45. The van der Waals surface area contributed by atoms with Gasteiger partial charge in [-0.05, 0) is 64.5 Å². The molecule has 2 aliphatic rings. The molecular formula is C22H26N2O6. The molecule has 0 fully saturated rings. The zero-order valence-corrected chi connectivity index (χ0v) is 17.3.